The van der Waals surface area contributed by atoms with Crippen LogP contribution >= 0.6 is 0 Å². The van der Waals surface area contributed by atoms with E-state index < -0.39 is 0 Å². The SMILES string of the molecule is CC(=O)[C@H]1CC[C@H]2[C@H]3CCC[C@]4(C)CC(=O)CC[C@]4(C)[C@H]3CC[C@]12C. The van der Waals surface area contributed by atoms with E-state index in [4.69, 9.17) is 0 Å². The van der Waals surface area contributed by atoms with E-state index in [2.05, 4.69) is 20.8 Å². The maximum atomic E-state index is 12.3. The molecule has 0 spiro atoms. The van der Waals surface area contributed by atoms with Gasteiger partial charge in [-0.2, -0.15) is 0 Å². The summed E-state index contributed by atoms with van der Waals surface area (Å²) in [5, 5.41) is 0. The molecule has 4 saturated carbocycles. The summed E-state index contributed by atoms with van der Waals surface area (Å²) in [5.74, 6) is 3.50. The Labute approximate surface area is 153 Å². The maximum Gasteiger partial charge on any atom is 0.133 e. The van der Waals surface area contributed by atoms with E-state index in [1.54, 1.807) is 0 Å². The minimum Gasteiger partial charge on any atom is -0.300 e. The molecule has 0 radical (unpaired) electrons. The number of carbonyl (C=O) groups is 2. The van der Waals surface area contributed by atoms with Crippen LogP contribution in [0.3, 0.4) is 0 Å². The summed E-state index contributed by atoms with van der Waals surface area (Å²) >= 11 is 0. The highest BCUT2D eigenvalue weighted by Gasteiger charge is 2.62. The molecular formula is C23H36O2. The van der Waals surface area contributed by atoms with Crippen molar-refractivity contribution in [1.82, 2.24) is 0 Å². The van der Waals surface area contributed by atoms with Gasteiger partial charge in [-0.15, -0.1) is 0 Å². The van der Waals surface area contributed by atoms with Crippen LogP contribution in [0.4, 0.5) is 0 Å². The summed E-state index contributed by atoms with van der Waals surface area (Å²) in [6.07, 6.45) is 11.4. The largest absolute Gasteiger partial charge is 0.300 e. The Bertz CT molecular complexity index is 595. The van der Waals surface area contributed by atoms with Crippen LogP contribution in [0.25, 0.3) is 0 Å². The van der Waals surface area contributed by atoms with Crippen molar-refractivity contribution in [2.24, 2.45) is 39.9 Å². The van der Waals surface area contributed by atoms with Crippen LogP contribution in [0.15, 0.2) is 0 Å². The van der Waals surface area contributed by atoms with Crippen LogP contribution < -0.4 is 0 Å². The lowest BCUT2D eigenvalue weighted by Gasteiger charge is -2.59. The summed E-state index contributed by atoms with van der Waals surface area (Å²) in [6, 6.07) is 0. The molecule has 140 valence electrons. The fourth-order valence-electron chi connectivity index (χ4n) is 8.31. The van der Waals surface area contributed by atoms with Gasteiger partial charge in [0.25, 0.3) is 0 Å². The van der Waals surface area contributed by atoms with Gasteiger partial charge < -0.3 is 0 Å². The molecule has 0 aromatic rings. The van der Waals surface area contributed by atoms with Gasteiger partial charge in [-0.3, -0.25) is 9.59 Å². The zero-order chi connectivity index (χ0) is 18.0. The number of hydrogen-bond donors (Lipinski definition) is 0. The molecule has 2 heteroatoms. The van der Waals surface area contributed by atoms with Gasteiger partial charge in [0.15, 0.2) is 0 Å². The molecule has 0 N–H and O–H groups in total. The van der Waals surface area contributed by atoms with Crippen molar-refractivity contribution in [3.8, 4) is 0 Å². The molecule has 4 aliphatic carbocycles. The minimum atomic E-state index is 0.202. The van der Waals surface area contributed by atoms with Crippen molar-refractivity contribution in [1.29, 1.82) is 0 Å². The van der Waals surface area contributed by atoms with Crippen molar-refractivity contribution >= 4 is 11.6 Å². The Kier molecular flexibility index (Phi) is 4.02. The highest BCUT2D eigenvalue weighted by atomic mass is 16.1. The van der Waals surface area contributed by atoms with E-state index in [-0.39, 0.29) is 10.8 Å². The summed E-state index contributed by atoms with van der Waals surface area (Å²) in [4.78, 5) is 24.5. The molecule has 4 aliphatic rings. The van der Waals surface area contributed by atoms with Gasteiger partial charge >= 0.3 is 0 Å². The number of carbonyl (C=O) groups excluding carboxylic acids is 2. The second-order valence-electron chi connectivity index (χ2n) is 10.7. The van der Waals surface area contributed by atoms with E-state index in [0.717, 1.165) is 43.4 Å². The van der Waals surface area contributed by atoms with E-state index in [9.17, 15) is 9.59 Å². The second-order valence-corrected chi connectivity index (χ2v) is 10.7. The molecule has 0 heterocycles. The predicted molar refractivity (Wildman–Crippen MR) is 100 cm³/mol. The maximum absolute atomic E-state index is 12.3. The fourth-order valence-corrected chi connectivity index (χ4v) is 8.31. The van der Waals surface area contributed by atoms with E-state index in [1.165, 1.54) is 38.5 Å². The van der Waals surface area contributed by atoms with E-state index >= 15 is 0 Å². The van der Waals surface area contributed by atoms with Gasteiger partial charge in [-0.05, 0) is 85.9 Å². The normalized spacial score (nSPS) is 52.7. The molecule has 7 atom stereocenters. The molecule has 2 nitrogen and oxygen atoms in total. The summed E-state index contributed by atoms with van der Waals surface area (Å²) < 4.78 is 0. The molecule has 0 bridgehead atoms. The van der Waals surface area contributed by atoms with E-state index in [1.807, 2.05) is 6.92 Å². The third-order valence-electron chi connectivity index (χ3n) is 9.90. The Balaban J connectivity index is 1.70. The summed E-state index contributed by atoms with van der Waals surface area (Å²) in [6.45, 7) is 9.21. The van der Waals surface area contributed by atoms with Crippen molar-refractivity contribution < 1.29 is 9.59 Å². The Morgan fingerprint density at radius 3 is 2.44 bits per heavy atom. The first-order chi connectivity index (χ1) is 11.7. The van der Waals surface area contributed by atoms with Crippen molar-refractivity contribution in [3.05, 3.63) is 0 Å². The van der Waals surface area contributed by atoms with Crippen LogP contribution in [0.2, 0.25) is 0 Å². The van der Waals surface area contributed by atoms with Gasteiger partial charge in [0.2, 0.25) is 0 Å². The molecule has 0 unspecified atom stereocenters. The average molecular weight is 345 g/mol. The molecule has 4 fully saturated rings. The molecule has 0 saturated heterocycles. The lowest BCUT2D eigenvalue weighted by Crippen LogP contribution is -2.53. The number of ketones is 2. The van der Waals surface area contributed by atoms with Gasteiger partial charge in [0, 0.05) is 18.8 Å². The molecule has 0 aromatic heterocycles. The van der Waals surface area contributed by atoms with Crippen molar-refractivity contribution in [3.63, 3.8) is 0 Å². The third kappa shape index (κ3) is 2.34. The van der Waals surface area contributed by atoms with Crippen molar-refractivity contribution in [2.45, 2.75) is 91.9 Å². The smallest absolute Gasteiger partial charge is 0.133 e. The fraction of sp³-hybridized carbons (Fsp3) is 0.913. The first-order valence-electron chi connectivity index (χ1n) is 10.7. The van der Waals surface area contributed by atoms with Crippen LogP contribution in [0.5, 0.6) is 0 Å². The summed E-state index contributed by atoms with van der Waals surface area (Å²) in [5.41, 5.74) is 0.764. The highest BCUT2D eigenvalue weighted by Crippen LogP contribution is 2.68. The molecule has 0 aliphatic heterocycles. The van der Waals surface area contributed by atoms with E-state index in [0.29, 0.717) is 22.9 Å². The Hall–Kier alpha value is -0.660. The topological polar surface area (TPSA) is 34.1 Å². The first kappa shape index (κ1) is 17.7. The zero-order valence-corrected chi connectivity index (χ0v) is 16.7. The monoisotopic (exact) mass is 344 g/mol. The molecule has 25 heavy (non-hydrogen) atoms. The number of rotatable bonds is 1. The van der Waals surface area contributed by atoms with Gasteiger partial charge in [0.1, 0.15) is 11.6 Å². The lowest BCUT2D eigenvalue weighted by molar-refractivity contribution is -0.142. The summed E-state index contributed by atoms with van der Waals surface area (Å²) in [7, 11) is 0. The standard InChI is InChI=1S/C23H36O2/c1-15(24)18-7-8-19-17-6-5-11-21(2)14-16(25)9-13-23(21,4)20(17)10-12-22(18,19)3/h17-20H,5-14H2,1-4H3/t17-,18-,19+,20+,21-,22-,23-/m1/s1. The Morgan fingerprint density at radius 2 is 1.72 bits per heavy atom. The van der Waals surface area contributed by atoms with Crippen LogP contribution in [-0.2, 0) is 9.59 Å². The lowest BCUT2D eigenvalue weighted by atomic mass is 9.45. The molecule has 0 aromatic carbocycles. The number of fused-ring (bicyclic) bond motifs is 5. The second kappa shape index (κ2) is 5.67. The number of Topliss-reactive ketones (excluding diaryl/α,β-unsaturated/α-hetero) is 2. The van der Waals surface area contributed by atoms with Crippen LogP contribution in [-0.4, -0.2) is 11.6 Å². The van der Waals surface area contributed by atoms with Gasteiger partial charge in [-0.1, -0.05) is 27.2 Å². The van der Waals surface area contributed by atoms with Crippen LogP contribution in [0.1, 0.15) is 91.9 Å². The third-order valence-corrected chi connectivity index (χ3v) is 9.90. The molecular weight excluding hydrogens is 308 g/mol. The highest BCUT2D eigenvalue weighted by molar-refractivity contribution is 5.80. The Morgan fingerprint density at radius 1 is 0.960 bits per heavy atom. The minimum absolute atomic E-state index is 0.202. The zero-order valence-electron chi connectivity index (χ0n) is 16.7. The first-order valence-corrected chi connectivity index (χ1v) is 10.7. The molecule has 0 amide bonds. The average Bonchev–Trinajstić information content (AvgIpc) is 2.83. The van der Waals surface area contributed by atoms with Crippen molar-refractivity contribution in [2.75, 3.05) is 0 Å². The quantitative estimate of drug-likeness (QED) is 0.622. The van der Waals surface area contributed by atoms with Crippen LogP contribution in [0, 0.1) is 39.9 Å². The predicted octanol–water partition coefficient (Wildman–Crippen LogP) is 5.58. The number of hydrogen-bond acceptors (Lipinski definition) is 2. The van der Waals surface area contributed by atoms with Gasteiger partial charge in [-0.25, -0.2) is 0 Å². The molecule has 4 rings (SSSR count). The van der Waals surface area contributed by atoms with Gasteiger partial charge in [0.05, 0.1) is 0 Å².